The minimum absolute atomic E-state index is 0.227. The van der Waals surface area contributed by atoms with Gasteiger partial charge in [-0.25, -0.2) is 4.39 Å². The summed E-state index contributed by atoms with van der Waals surface area (Å²) in [5, 5.41) is 2.49. The lowest BCUT2D eigenvalue weighted by Crippen LogP contribution is -2.22. The van der Waals surface area contributed by atoms with Crippen LogP contribution in [0.1, 0.15) is 25.3 Å². The number of hydrogen-bond acceptors (Lipinski definition) is 2. The van der Waals surface area contributed by atoms with Crippen molar-refractivity contribution in [2.24, 2.45) is 5.73 Å². The van der Waals surface area contributed by atoms with E-state index in [1.165, 1.54) is 13.0 Å². The van der Waals surface area contributed by atoms with Crippen molar-refractivity contribution in [2.75, 3.05) is 5.32 Å². The van der Waals surface area contributed by atoms with Crippen LogP contribution in [0.3, 0.4) is 0 Å². The number of nitrogens with two attached hydrogens (primary N) is 1. The third kappa shape index (κ3) is 1.85. The molecule has 1 amide bonds. The number of nitrogens with one attached hydrogen (secondary N) is 1. The Labute approximate surface area is 87.5 Å². The summed E-state index contributed by atoms with van der Waals surface area (Å²) < 4.78 is 13.5. The number of hydrogen-bond donors (Lipinski definition) is 2. The van der Waals surface area contributed by atoms with Gasteiger partial charge in [-0.2, -0.15) is 0 Å². The molecule has 1 aromatic rings. The third-order valence-electron chi connectivity index (χ3n) is 2.64. The van der Waals surface area contributed by atoms with Crippen LogP contribution < -0.4 is 11.1 Å². The van der Waals surface area contributed by atoms with Crippen molar-refractivity contribution in [2.45, 2.75) is 25.3 Å². The van der Waals surface area contributed by atoms with Crippen LogP contribution in [-0.2, 0) is 10.3 Å². The maximum Gasteiger partial charge on any atom is 0.221 e. The minimum Gasteiger partial charge on any atom is -0.324 e. The van der Waals surface area contributed by atoms with E-state index in [1.54, 1.807) is 12.1 Å². The number of carbonyl (C=O) groups is 1. The largest absolute Gasteiger partial charge is 0.324 e. The fourth-order valence-corrected chi connectivity index (χ4v) is 1.65. The first-order chi connectivity index (χ1) is 7.03. The molecule has 1 fully saturated rings. The first-order valence-electron chi connectivity index (χ1n) is 4.88. The van der Waals surface area contributed by atoms with Crippen LogP contribution >= 0.6 is 0 Å². The Kier molecular flexibility index (Phi) is 2.23. The molecular weight excluding hydrogens is 195 g/mol. The molecule has 4 heteroatoms. The maximum atomic E-state index is 13.5. The van der Waals surface area contributed by atoms with Crippen LogP contribution in [0.25, 0.3) is 0 Å². The summed E-state index contributed by atoms with van der Waals surface area (Å²) in [6.07, 6.45) is 1.67. The molecule has 1 aliphatic rings. The Morgan fingerprint density at radius 2 is 2.20 bits per heavy atom. The Morgan fingerprint density at radius 1 is 1.53 bits per heavy atom. The molecule has 1 aliphatic carbocycles. The SMILES string of the molecule is CC(=O)Nc1c(F)cccc1C1(N)CC1. The lowest BCUT2D eigenvalue weighted by Gasteiger charge is -2.15. The number of anilines is 1. The summed E-state index contributed by atoms with van der Waals surface area (Å²) in [4.78, 5) is 10.9. The molecule has 0 bridgehead atoms. The van der Waals surface area contributed by atoms with Gasteiger partial charge in [0.2, 0.25) is 5.91 Å². The Morgan fingerprint density at radius 3 is 2.73 bits per heavy atom. The van der Waals surface area contributed by atoms with E-state index in [1.807, 2.05) is 0 Å². The highest BCUT2D eigenvalue weighted by atomic mass is 19.1. The normalized spacial score (nSPS) is 17.3. The molecule has 0 atom stereocenters. The molecule has 15 heavy (non-hydrogen) atoms. The van der Waals surface area contributed by atoms with E-state index < -0.39 is 11.4 Å². The van der Waals surface area contributed by atoms with Gasteiger partial charge in [-0.1, -0.05) is 12.1 Å². The molecule has 0 saturated heterocycles. The molecule has 1 aromatic carbocycles. The van der Waals surface area contributed by atoms with Crippen LogP contribution in [0.4, 0.5) is 10.1 Å². The number of para-hydroxylation sites is 1. The number of halogens is 1. The Balaban J connectivity index is 2.44. The van der Waals surface area contributed by atoms with Crippen LogP contribution in [0, 0.1) is 5.82 Å². The average Bonchev–Trinajstić information content (AvgIpc) is 2.88. The van der Waals surface area contributed by atoms with Gasteiger partial charge in [0, 0.05) is 12.5 Å². The van der Waals surface area contributed by atoms with Crippen molar-refractivity contribution in [3.8, 4) is 0 Å². The summed E-state index contributed by atoms with van der Waals surface area (Å²) in [7, 11) is 0. The standard InChI is InChI=1S/C11H13FN2O/c1-7(15)14-10-8(11(13)5-6-11)3-2-4-9(10)12/h2-4H,5-6,13H2,1H3,(H,14,15). The monoisotopic (exact) mass is 208 g/mol. The third-order valence-corrected chi connectivity index (χ3v) is 2.64. The molecule has 3 nitrogen and oxygen atoms in total. The summed E-state index contributed by atoms with van der Waals surface area (Å²) in [5.74, 6) is -0.718. The summed E-state index contributed by atoms with van der Waals surface area (Å²) in [6, 6.07) is 4.70. The first-order valence-corrected chi connectivity index (χ1v) is 4.88. The van der Waals surface area contributed by atoms with Gasteiger partial charge in [-0.05, 0) is 24.5 Å². The van der Waals surface area contributed by atoms with E-state index in [-0.39, 0.29) is 11.6 Å². The fourth-order valence-electron chi connectivity index (χ4n) is 1.65. The molecule has 0 spiro atoms. The van der Waals surface area contributed by atoms with Gasteiger partial charge in [-0.3, -0.25) is 4.79 Å². The highest BCUT2D eigenvalue weighted by Gasteiger charge is 2.42. The molecule has 0 unspecified atom stereocenters. The summed E-state index contributed by atoms with van der Waals surface area (Å²) >= 11 is 0. The van der Waals surface area contributed by atoms with Crippen LogP contribution in [0.15, 0.2) is 18.2 Å². The zero-order valence-corrected chi connectivity index (χ0v) is 8.51. The lowest BCUT2D eigenvalue weighted by atomic mass is 10.0. The molecule has 0 aromatic heterocycles. The highest BCUT2D eigenvalue weighted by Crippen LogP contribution is 2.46. The predicted molar refractivity (Wildman–Crippen MR) is 55.8 cm³/mol. The maximum absolute atomic E-state index is 13.5. The van der Waals surface area contributed by atoms with Crippen molar-refractivity contribution < 1.29 is 9.18 Å². The van der Waals surface area contributed by atoms with E-state index >= 15 is 0 Å². The molecule has 1 saturated carbocycles. The molecular formula is C11H13FN2O. The van der Waals surface area contributed by atoms with Crippen LogP contribution in [0.2, 0.25) is 0 Å². The average molecular weight is 208 g/mol. The fraction of sp³-hybridized carbons (Fsp3) is 0.364. The summed E-state index contributed by atoms with van der Waals surface area (Å²) in [5.41, 5.74) is 6.47. The second-order valence-electron chi connectivity index (χ2n) is 4.00. The molecule has 0 heterocycles. The molecule has 0 aliphatic heterocycles. The van der Waals surface area contributed by atoms with Gasteiger partial charge in [0.25, 0.3) is 0 Å². The van der Waals surface area contributed by atoms with Gasteiger partial charge in [0.1, 0.15) is 5.82 Å². The lowest BCUT2D eigenvalue weighted by molar-refractivity contribution is -0.114. The Hall–Kier alpha value is -1.42. The van der Waals surface area contributed by atoms with Crippen molar-refractivity contribution in [1.82, 2.24) is 0 Å². The highest BCUT2D eigenvalue weighted by molar-refractivity contribution is 5.90. The van der Waals surface area contributed by atoms with Crippen molar-refractivity contribution in [1.29, 1.82) is 0 Å². The van der Waals surface area contributed by atoms with E-state index in [4.69, 9.17) is 5.73 Å². The van der Waals surface area contributed by atoms with Crippen molar-refractivity contribution >= 4 is 11.6 Å². The Bertz CT molecular complexity index is 413. The zero-order chi connectivity index (χ0) is 11.1. The molecule has 80 valence electrons. The van der Waals surface area contributed by atoms with Gasteiger partial charge in [0.05, 0.1) is 5.69 Å². The quantitative estimate of drug-likeness (QED) is 0.777. The van der Waals surface area contributed by atoms with Crippen LogP contribution in [-0.4, -0.2) is 5.91 Å². The van der Waals surface area contributed by atoms with E-state index in [2.05, 4.69) is 5.32 Å². The second kappa shape index (κ2) is 3.31. The van der Waals surface area contributed by atoms with Crippen LogP contribution in [0.5, 0.6) is 0 Å². The van der Waals surface area contributed by atoms with Gasteiger partial charge in [-0.15, -0.1) is 0 Å². The van der Waals surface area contributed by atoms with Crippen molar-refractivity contribution in [3.05, 3.63) is 29.6 Å². The van der Waals surface area contributed by atoms with E-state index in [0.717, 1.165) is 12.8 Å². The van der Waals surface area contributed by atoms with E-state index in [0.29, 0.717) is 5.56 Å². The van der Waals surface area contributed by atoms with Gasteiger partial charge in [0.15, 0.2) is 0 Å². The van der Waals surface area contributed by atoms with Crippen molar-refractivity contribution in [3.63, 3.8) is 0 Å². The minimum atomic E-state index is -0.445. The van der Waals surface area contributed by atoms with Gasteiger partial charge >= 0.3 is 0 Å². The predicted octanol–water partition coefficient (Wildman–Crippen LogP) is 1.73. The number of benzene rings is 1. The molecule has 3 N–H and O–H groups in total. The van der Waals surface area contributed by atoms with E-state index in [9.17, 15) is 9.18 Å². The number of amides is 1. The summed E-state index contributed by atoms with van der Waals surface area (Å²) in [6.45, 7) is 1.35. The molecule has 2 rings (SSSR count). The topological polar surface area (TPSA) is 55.1 Å². The second-order valence-corrected chi connectivity index (χ2v) is 4.00. The van der Waals surface area contributed by atoms with Gasteiger partial charge < -0.3 is 11.1 Å². The first kappa shape index (κ1) is 10.1. The number of carbonyl (C=O) groups excluding carboxylic acids is 1. The zero-order valence-electron chi connectivity index (χ0n) is 8.51. The smallest absolute Gasteiger partial charge is 0.221 e. The number of rotatable bonds is 2. The molecule has 0 radical (unpaired) electrons.